The van der Waals surface area contributed by atoms with Crippen molar-refractivity contribution < 1.29 is 35.5 Å². The zero-order chi connectivity index (χ0) is 16.5. The third-order valence-corrected chi connectivity index (χ3v) is 2.57. The second-order valence-corrected chi connectivity index (χ2v) is 4.10. The van der Waals surface area contributed by atoms with Crippen molar-refractivity contribution in [2.24, 2.45) is 0 Å². The summed E-state index contributed by atoms with van der Waals surface area (Å²) < 4.78 is 92.3. The summed E-state index contributed by atoms with van der Waals surface area (Å²) in [5.41, 5.74) is -2.72. The first-order chi connectivity index (χ1) is 10.1. The Morgan fingerprint density at radius 2 is 1.64 bits per heavy atom. The summed E-state index contributed by atoms with van der Waals surface area (Å²) in [6, 6.07) is 4.12. The fourth-order valence-electron chi connectivity index (χ4n) is 1.80. The Kier molecular flexibility index (Phi) is 3.99. The average molecular weight is 325 g/mol. The molecular weight excluding hydrogens is 319 g/mol. The van der Waals surface area contributed by atoms with E-state index in [1.54, 1.807) is 0 Å². The van der Waals surface area contributed by atoms with Gasteiger partial charge in [-0.15, -0.1) is 13.2 Å². The van der Waals surface area contributed by atoms with Crippen molar-refractivity contribution in [1.82, 2.24) is 4.98 Å². The standard InChI is InChI=1S/C13H6F7NO/c14-11-10(9(4-5-21-11)12(15,16)17)7-2-1-3-8(6-7)22-13(18,19)20/h1-6H. The minimum Gasteiger partial charge on any atom is -0.406 e. The molecule has 0 radical (unpaired) electrons. The van der Waals surface area contributed by atoms with Gasteiger partial charge in [0.15, 0.2) is 0 Å². The fourth-order valence-corrected chi connectivity index (χ4v) is 1.80. The summed E-state index contributed by atoms with van der Waals surface area (Å²) in [5, 5.41) is 0. The summed E-state index contributed by atoms with van der Waals surface area (Å²) in [7, 11) is 0. The van der Waals surface area contributed by atoms with E-state index in [0.29, 0.717) is 18.3 Å². The highest BCUT2D eigenvalue weighted by Crippen LogP contribution is 2.39. The number of ether oxygens (including phenoxy) is 1. The SMILES string of the molecule is Fc1nccc(C(F)(F)F)c1-c1cccc(OC(F)(F)F)c1. The molecule has 0 fully saturated rings. The van der Waals surface area contributed by atoms with Crippen molar-refractivity contribution in [3.63, 3.8) is 0 Å². The number of hydrogen-bond donors (Lipinski definition) is 0. The van der Waals surface area contributed by atoms with E-state index in [1.165, 1.54) is 0 Å². The molecule has 118 valence electrons. The van der Waals surface area contributed by atoms with Crippen LogP contribution in [0, 0.1) is 5.95 Å². The van der Waals surface area contributed by atoms with E-state index < -0.39 is 40.9 Å². The van der Waals surface area contributed by atoms with Crippen LogP contribution in [0.4, 0.5) is 30.7 Å². The van der Waals surface area contributed by atoms with E-state index >= 15 is 0 Å². The molecule has 0 saturated heterocycles. The number of halogens is 7. The molecule has 0 aliphatic carbocycles. The third-order valence-electron chi connectivity index (χ3n) is 2.57. The van der Waals surface area contributed by atoms with Gasteiger partial charge in [0.2, 0.25) is 5.95 Å². The highest BCUT2D eigenvalue weighted by molar-refractivity contribution is 5.69. The molecule has 9 heteroatoms. The molecule has 0 unspecified atom stereocenters. The molecule has 2 aromatic rings. The zero-order valence-electron chi connectivity index (χ0n) is 10.5. The van der Waals surface area contributed by atoms with Crippen LogP contribution in [0.5, 0.6) is 5.75 Å². The predicted octanol–water partition coefficient (Wildman–Crippen LogP) is 4.81. The Balaban J connectivity index is 2.56. The molecule has 0 N–H and O–H groups in total. The first kappa shape index (κ1) is 16.1. The third kappa shape index (κ3) is 3.66. The second-order valence-electron chi connectivity index (χ2n) is 4.10. The Morgan fingerprint density at radius 3 is 2.23 bits per heavy atom. The molecule has 0 saturated carbocycles. The fraction of sp³-hybridized carbons (Fsp3) is 0.154. The lowest BCUT2D eigenvalue weighted by atomic mass is 10.0. The van der Waals surface area contributed by atoms with E-state index in [4.69, 9.17) is 0 Å². The van der Waals surface area contributed by atoms with Gasteiger partial charge in [-0.3, -0.25) is 0 Å². The van der Waals surface area contributed by atoms with Crippen molar-refractivity contribution in [3.05, 3.63) is 48.0 Å². The van der Waals surface area contributed by atoms with Gasteiger partial charge in [0.05, 0.1) is 5.56 Å². The van der Waals surface area contributed by atoms with Crippen molar-refractivity contribution in [1.29, 1.82) is 0 Å². The molecule has 0 spiro atoms. The molecule has 2 rings (SSSR count). The van der Waals surface area contributed by atoms with Gasteiger partial charge in [0.25, 0.3) is 0 Å². The summed E-state index contributed by atoms with van der Waals surface area (Å²) >= 11 is 0. The monoisotopic (exact) mass is 325 g/mol. The van der Waals surface area contributed by atoms with Gasteiger partial charge in [-0.1, -0.05) is 12.1 Å². The Morgan fingerprint density at radius 1 is 0.955 bits per heavy atom. The number of rotatable bonds is 2. The van der Waals surface area contributed by atoms with Crippen molar-refractivity contribution >= 4 is 0 Å². The summed E-state index contributed by atoms with van der Waals surface area (Å²) in [6.07, 6.45) is -9.28. The highest BCUT2D eigenvalue weighted by atomic mass is 19.4. The van der Waals surface area contributed by atoms with Crippen LogP contribution >= 0.6 is 0 Å². The Labute approximate surface area is 119 Å². The number of nitrogens with zero attached hydrogens (tertiary/aromatic N) is 1. The smallest absolute Gasteiger partial charge is 0.406 e. The van der Waals surface area contributed by atoms with Gasteiger partial charge in [0.1, 0.15) is 5.75 Å². The molecule has 1 aromatic heterocycles. The van der Waals surface area contributed by atoms with Crippen LogP contribution in [0.15, 0.2) is 36.5 Å². The number of aromatic nitrogens is 1. The Hall–Kier alpha value is -2.32. The van der Waals surface area contributed by atoms with E-state index in [9.17, 15) is 30.7 Å². The van der Waals surface area contributed by atoms with Crippen LogP contribution in [0.3, 0.4) is 0 Å². The lowest BCUT2D eigenvalue weighted by molar-refractivity contribution is -0.274. The minimum atomic E-state index is -5.01. The maximum atomic E-state index is 13.7. The first-order valence-electron chi connectivity index (χ1n) is 5.66. The van der Waals surface area contributed by atoms with Gasteiger partial charge < -0.3 is 4.74 Å². The number of alkyl halides is 6. The van der Waals surface area contributed by atoms with Crippen molar-refractivity contribution in [3.8, 4) is 16.9 Å². The van der Waals surface area contributed by atoms with Gasteiger partial charge >= 0.3 is 12.5 Å². The Bertz CT molecular complexity index is 679. The maximum absolute atomic E-state index is 13.7. The molecule has 2 nitrogen and oxygen atoms in total. The number of hydrogen-bond acceptors (Lipinski definition) is 2. The van der Waals surface area contributed by atoms with Crippen LogP contribution in [0.1, 0.15) is 5.56 Å². The van der Waals surface area contributed by atoms with E-state index in [2.05, 4.69) is 9.72 Å². The molecule has 0 aliphatic rings. The maximum Gasteiger partial charge on any atom is 0.573 e. The summed E-state index contributed by atoms with van der Waals surface area (Å²) in [4.78, 5) is 3.10. The highest BCUT2D eigenvalue weighted by Gasteiger charge is 2.36. The molecule has 22 heavy (non-hydrogen) atoms. The largest absolute Gasteiger partial charge is 0.573 e. The summed E-state index contributed by atoms with van der Waals surface area (Å²) in [6.45, 7) is 0. The van der Waals surface area contributed by atoms with E-state index in [-0.39, 0.29) is 0 Å². The number of benzene rings is 1. The van der Waals surface area contributed by atoms with Crippen molar-refractivity contribution in [2.45, 2.75) is 12.5 Å². The molecular formula is C13H6F7NO. The van der Waals surface area contributed by atoms with E-state index in [1.807, 2.05) is 0 Å². The molecule has 0 atom stereocenters. The van der Waals surface area contributed by atoms with Crippen molar-refractivity contribution in [2.75, 3.05) is 0 Å². The van der Waals surface area contributed by atoms with Crippen LogP contribution in [0.2, 0.25) is 0 Å². The molecule has 0 aliphatic heterocycles. The lowest BCUT2D eigenvalue weighted by Gasteiger charge is -2.14. The van der Waals surface area contributed by atoms with Gasteiger partial charge in [-0.2, -0.15) is 17.6 Å². The van der Waals surface area contributed by atoms with Gasteiger partial charge in [-0.05, 0) is 23.8 Å². The predicted molar refractivity (Wildman–Crippen MR) is 61.3 cm³/mol. The normalized spacial score (nSPS) is 12.3. The van der Waals surface area contributed by atoms with Crippen LogP contribution in [0.25, 0.3) is 11.1 Å². The lowest BCUT2D eigenvalue weighted by Crippen LogP contribution is -2.17. The molecule has 0 bridgehead atoms. The van der Waals surface area contributed by atoms with Crippen LogP contribution in [-0.4, -0.2) is 11.3 Å². The molecule has 0 amide bonds. The van der Waals surface area contributed by atoms with Crippen LogP contribution < -0.4 is 4.74 Å². The van der Waals surface area contributed by atoms with Crippen LogP contribution in [-0.2, 0) is 6.18 Å². The first-order valence-corrected chi connectivity index (χ1v) is 5.66. The topological polar surface area (TPSA) is 22.1 Å². The number of pyridine rings is 1. The molecule has 1 heterocycles. The van der Waals surface area contributed by atoms with Gasteiger partial charge in [0, 0.05) is 11.8 Å². The quantitative estimate of drug-likeness (QED) is 0.584. The van der Waals surface area contributed by atoms with E-state index in [0.717, 1.165) is 18.2 Å². The average Bonchev–Trinajstić information content (AvgIpc) is 2.35. The zero-order valence-corrected chi connectivity index (χ0v) is 10.5. The van der Waals surface area contributed by atoms with Gasteiger partial charge in [-0.25, -0.2) is 4.98 Å². The summed E-state index contributed by atoms with van der Waals surface area (Å²) in [5.74, 6) is -2.21. The minimum absolute atomic E-state index is 0.431. The molecule has 1 aromatic carbocycles. The second kappa shape index (κ2) is 5.47.